The number of nitrogens with zero attached hydrogens (tertiary/aromatic N) is 2. The van der Waals surface area contributed by atoms with E-state index in [4.69, 9.17) is 33.0 Å². The van der Waals surface area contributed by atoms with Crippen LogP contribution in [0, 0.1) is 6.92 Å². The third-order valence-electron chi connectivity index (χ3n) is 5.35. The van der Waals surface area contributed by atoms with E-state index < -0.39 is 0 Å². The number of aryl methyl sites for hydroxylation is 1. The van der Waals surface area contributed by atoms with Gasteiger partial charge >= 0.3 is 0 Å². The maximum Gasteiger partial charge on any atom is 0.213 e. The van der Waals surface area contributed by atoms with Crippen molar-refractivity contribution in [1.82, 2.24) is 5.01 Å². The molecule has 0 saturated heterocycles. The molecule has 0 aromatic heterocycles. The lowest BCUT2D eigenvalue weighted by Crippen LogP contribution is -2.33. The van der Waals surface area contributed by atoms with Crippen molar-refractivity contribution in [2.24, 2.45) is 5.10 Å². The minimum atomic E-state index is -0.347. The minimum Gasteiger partial charge on any atom is -0.463 e. The van der Waals surface area contributed by atoms with E-state index in [1.165, 1.54) is 5.56 Å². The quantitative estimate of drug-likeness (QED) is 0.378. The van der Waals surface area contributed by atoms with E-state index in [0.717, 1.165) is 33.3 Å². The highest BCUT2D eigenvalue weighted by atomic mass is 79.9. The Labute approximate surface area is 188 Å². The molecule has 6 heteroatoms. The lowest BCUT2D eigenvalue weighted by molar-refractivity contribution is -0.0189. The number of rotatable bonds is 2. The number of ether oxygens (including phenoxy) is 1. The fraction of sp³-hybridized carbons (Fsp3) is 0.174. The van der Waals surface area contributed by atoms with Crippen molar-refractivity contribution in [3.05, 3.63) is 97.4 Å². The largest absolute Gasteiger partial charge is 0.463 e. The van der Waals surface area contributed by atoms with Crippen LogP contribution >= 0.6 is 39.1 Å². The molecule has 3 aromatic carbocycles. The Balaban J connectivity index is 1.62. The molecule has 0 aliphatic carbocycles. The molecular weight excluding hydrogens is 471 g/mol. The number of hydrogen-bond acceptors (Lipinski definition) is 3. The standard InChI is InChI=1S/C23H17BrCl2N2O/c1-13-2-4-15(5-3-13)23-28-21(18-10-17(25)11-19(26)22(18)29-23)12-20(27-28)14-6-8-16(24)9-7-14/h2-11,21,23H,12H2,1H3/t21-,23-/m0/s1. The van der Waals surface area contributed by atoms with Crippen molar-refractivity contribution in [3.63, 3.8) is 0 Å². The second-order valence-electron chi connectivity index (χ2n) is 7.34. The Bertz CT molecular complexity index is 1110. The summed E-state index contributed by atoms with van der Waals surface area (Å²) in [5, 5.41) is 8.14. The van der Waals surface area contributed by atoms with Gasteiger partial charge in [-0.05, 0) is 36.8 Å². The van der Waals surface area contributed by atoms with Gasteiger partial charge in [0.2, 0.25) is 6.23 Å². The van der Waals surface area contributed by atoms with Crippen LogP contribution in [0.2, 0.25) is 10.0 Å². The molecule has 0 unspecified atom stereocenters. The second kappa shape index (κ2) is 7.35. The minimum absolute atomic E-state index is 0.0138. The van der Waals surface area contributed by atoms with E-state index in [9.17, 15) is 0 Å². The van der Waals surface area contributed by atoms with Gasteiger partial charge < -0.3 is 4.74 Å². The van der Waals surface area contributed by atoms with Crippen LogP contribution in [0.5, 0.6) is 5.75 Å². The molecule has 0 saturated carbocycles. The van der Waals surface area contributed by atoms with Crippen molar-refractivity contribution in [1.29, 1.82) is 0 Å². The third-order valence-corrected chi connectivity index (χ3v) is 6.38. The van der Waals surface area contributed by atoms with Gasteiger partial charge in [-0.3, -0.25) is 0 Å². The van der Waals surface area contributed by atoms with Crippen molar-refractivity contribution < 1.29 is 4.74 Å². The first kappa shape index (κ1) is 19.0. The van der Waals surface area contributed by atoms with Crippen LogP contribution in [0.3, 0.4) is 0 Å². The summed E-state index contributed by atoms with van der Waals surface area (Å²) in [5.41, 5.74) is 5.33. The van der Waals surface area contributed by atoms with Crippen molar-refractivity contribution in [2.75, 3.05) is 0 Å². The van der Waals surface area contributed by atoms with Gasteiger partial charge in [0.1, 0.15) is 5.75 Å². The molecule has 0 amide bonds. The third kappa shape index (κ3) is 3.43. The molecule has 2 heterocycles. The fourth-order valence-electron chi connectivity index (χ4n) is 3.88. The van der Waals surface area contributed by atoms with E-state index in [2.05, 4.69) is 59.3 Å². The number of fused-ring (bicyclic) bond motifs is 3. The molecule has 0 spiro atoms. The predicted molar refractivity (Wildman–Crippen MR) is 121 cm³/mol. The number of benzene rings is 3. The van der Waals surface area contributed by atoms with Crippen LogP contribution in [0.15, 0.2) is 70.2 Å². The van der Waals surface area contributed by atoms with Gasteiger partial charge in [0, 0.05) is 27.0 Å². The van der Waals surface area contributed by atoms with Crippen LogP contribution in [0.1, 0.15) is 40.9 Å². The van der Waals surface area contributed by atoms with Crippen molar-refractivity contribution in [3.8, 4) is 5.75 Å². The molecule has 2 aliphatic heterocycles. The number of hydrazone groups is 1. The molecule has 0 radical (unpaired) electrons. The van der Waals surface area contributed by atoms with Crippen LogP contribution < -0.4 is 4.74 Å². The molecule has 0 bridgehead atoms. The Kier molecular flexibility index (Phi) is 4.81. The second-order valence-corrected chi connectivity index (χ2v) is 9.10. The van der Waals surface area contributed by atoms with Crippen LogP contribution in [-0.2, 0) is 0 Å². The predicted octanol–water partition coefficient (Wildman–Crippen LogP) is 7.31. The van der Waals surface area contributed by atoms with Gasteiger partial charge in [-0.2, -0.15) is 5.10 Å². The summed E-state index contributed by atoms with van der Waals surface area (Å²) in [4.78, 5) is 0. The zero-order valence-electron chi connectivity index (χ0n) is 15.6. The molecule has 0 fully saturated rings. The molecule has 0 N–H and O–H groups in total. The van der Waals surface area contributed by atoms with E-state index >= 15 is 0 Å². The molecule has 3 nitrogen and oxygen atoms in total. The highest BCUT2D eigenvalue weighted by molar-refractivity contribution is 9.10. The van der Waals surface area contributed by atoms with Gasteiger partial charge in [0.05, 0.1) is 16.8 Å². The van der Waals surface area contributed by atoms with Crippen LogP contribution in [-0.4, -0.2) is 10.7 Å². The van der Waals surface area contributed by atoms with Gasteiger partial charge in [-0.15, -0.1) is 0 Å². The zero-order valence-corrected chi connectivity index (χ0v) is 18.7. The number of halogens is 3. The van der Waals surface area contributed by atoms with Gasteiger partial charge in [0.25, 0.3) is 0 Å². The van der Waals surface area contributed by atoms with Crippen molar-refractivity contribution in [2.45, 2.75) is 25.6 Å². The van der Waals surface area contributed by atoms with Gasteiger partial charge in [0.15, 0.2) is 0 Å². The average molecular weight is 488 g/mol. The Morgan fingerprint density at radius 1 is 1.03 bits per heavy atom. The highest BCUT2D eigenvalue weighted by Gasteiger charge is 2.42. The van der Waals surface area contributed by atoms with Crippen LogP contribution in [0.25, 0.3) is 0 Å². The molecule has 3 aromatic rings. The first-order chi connectivity index (χ1) is 14.0. The van der Waals surface area contributed by atoms with E-state index in [-0.39, 0.29) is 12.3 Å². The fourth-order valence-corrected chi connectivity index (χ4v) is 4.70. The molecular formula is C23H17BrCl2N2O. The smallest absolute Gasteiger partial charge is 0.213 e. The Hall–Kier alpha value is -2.01. The van der Waals surface area contributed by atoms with Gasteiger partial charge in [-0.1, -0.05) is 81.1 Å². The summed E-state index contributed by atoms with van der Waals surface area (Å²) in [6, 6.07) is 20.2. The molecule has 2 aliphatic rings. The molecule has 146 valence electrons. The summed E-state index contributed by atoms with van der Waals surface area (Å²) in [6.45, 7) is 2.07. The monoisotopic (exact) mass is 486 g/mol. The highest BCUT2D eigenvalue weighted by Crippen LogP contribution is 2.50. The maximum atomic E-state index is 6.52. The zero-order chi connectivity index (χ0) is 20.1. The number of hydrogen-bond donors (Lipinski definition) is 0. The summed E-state index contributed by atoms with van der Waals surface area (Å²) in [5.74, 6) is 0.690. The first-order valence-corrected chi connectivity index (χ1v) is 10.9. The lowest BCUT2D eigenvalue weighted by Gasteiger charge is -2.38. The van der Waals surface area contributed by atoms with E-state index in [1.807, 2.05) is 23.2 Å². The maximum absolute atomic E-state index is 6.52. The average Bonchev–Trinajstić information content (AvgIpc) is 3.14. The molecule has 5 rings (SSSR count). The summed E-state index contributed by atoms with van der Waals surface area (Å²) < 4.78 is 7.43. The molecule has 2 atom stereocenters. The lowest BCUT2D eigenvalue weighted by atomic mass is 9.96. The molecule has 29 heavy (non-hydrogen) atoms. The first-order valence-electron chi connectivity index (χ1n) is 9.33. The van der Waals surface area contributed by atoms with Crippen molar-refractivity contribution >= 4 is 44.8 Å². The SMILES string of the molecule is Cc1ccc([C@@H]2Oc3c(Cl)cc(Cl)cc3[C@@H]3CC(c4ccc(Br)cc4)=NN32)cc1. The summed E-state index contributed by atoms with van der Waals surface area (Å²) in [6.07, 6.45) is 0.413. The normalized spacial score (nSPS) is 20.0. The van der Waals surface area contributed by atoms with Gasteiger partial charge in [-0.25, -0.2) is 5.01 Å². The van der Waals surface area contributed by atoms with Crippen LogP contribution in [0.4, 0.5) is 0 Å². The van der Waals surface area contributed by atoms with E-state index in [0.29, 0.717) is 15.8 Å². The summed E-state index contributed by atoms with van der Waals surface area (Å²) >= 11 is 16.3. The van der Waals surface area contributed by atoms with E-state index in [1.54, 1.807) is 6.07 Å². The Morgan fingerprint density at radius 2 is 1.76 bits per heavy atom. The summed E-state index contributed by atoms with van der Waals surface area (Å²) in [7, 11) is 0. The topological polar surface area (TPSA) is 24.8 Å². The Morgan fingerprint density at radius 3 is 2.48 bits per heavy atom.